The monoisotopic (exact) mass is 291 g/mol. The molecule has 1 aliphatic rings. The Kier molecular flexibility index (Phi) is 4.12. The fourth-order valence-electron chi connectivity index (χ4n) is 1.96. The van der Waals surface area contributed by atoms with Crippen LogP contribution in [0.1, 0.15) is 24.8 Å². The summed E-state index contributed by atoms with van der Waals surface area (Å²) < 4.78 is 6.03. The van der Waals surface area contributed by atoms with Crippen molar-refractivity contribution in [3.63, 3.8) is 0 Å². The Morgan fingerprint density at radius 1 is 1.47 bits per heavy atom. The second-order valence-corrected chi connectivity index (χ2v) is 5.46. The number of rotatable bonds is 2. The Morgan fingerprint density at radius 2 is 2.33 bits per heavy atom. The predicted octanol–water partition coefficient (Wildman–Crippen LogP) is 3.64. The molecule has 15 heavy (non-hydrogen) atoms. The van der Waals surface area contributed by atoms with E-state index < -0.39 is 0 Å². The van der Waals surface area contributed by atoms with E-state index in [2.05, 4.69) is 20.8 Å². The maximum absolute atomic E-state index is 6.14. The van der Waals surface area contributed by atoms with Crippen molar-refractivity contribution in [3.8, 4) is 0 Å². The van der Waals surface area contributed by atoms with Crippen molar-refractivity contribution < 1.29 is 4.42 Å². The number of hydrogen-bond acceptors (Lipinski definition) is 2. The van der Waals surface area contributed by atoms with E-state index in [4.69, 9.17) is 16.0 Å². The van der Waals surface area contributed by atoms with E-state index in [9.17, 15) is 0 Å². The largest absolute Gasteiger partial charge is 0.457 e. The molecule has 0 radical (unpaired) electrons. The Bertz CT molecular complexity index is 315. The number of nitrogens with zero attached hydrogens (tertiary/aromatic N) is 1. The van der Waals surface area contributed by atoms with E-state index in [0.717, 1.165) is 37.1 Å². The third-order valence-electron chi connectivity index (χ3n) is 2.78. The van der Waals surface area contributed by atoms with Gasteiger partial charge in [-0.3, -0.25) is 4.90 Å². The fraction of sp³-hybridized carbons (Fsp3) is 0.636. The highest BCUT2D eigenvalue weighted by Crippen LogP contribution is 2.20. The minimum atomic E-state index is 0.367. The summed E-state index contributed by atoms with van der Waals surface area (Å²) >= 11 is 9.46. The van der Waals surface area contributed by atoms with Gasteiger partial charge in [0.25, 0.3) is 0 Å². The second kappa shape index (κ2) is 5.37. The molecule has 0 aromatic carbocycles. The third kappa shape index (κ3) is 3.51. The molecule has 1 aromatic heterocycles. The van der Waals surface area contributed by atoms with Gasteiger partial charge in [0.15, 0.2) is 4.67 Å². The summed E-state index contributed by atoms with van der Waals surface area (Å²) in [5.74, 6) is 0. The first kappa shape index (κ1) is 11.5. The van der Waals surface area contributed by atoms with Crippen molar-refractivity contribution in [1.82, 2.24) is 4.90 Å². The highest BCUT2D eigenvalue weighted by Gasteiger charge is 2.15. The highest BCUT2D eigenvalue weighted by molar-refractivity contribution is 9.10. The first-order valence-electron chi connectivity index (χ1n) is 5.33. The molecule has 0 bridgehead atoms. The molecule has 4 heteroatoms. The van der Waals surface area contributed by atoms with Gasteiger partial charge in [0.05, 0.1) is 6.26 Å². The van der Waals surface area contributed by atoms with Crippen molar-refractivity contribution in [3.05, 3.63) is 22.6 Å². The second-order valence-electron chi connectivity index (χ2n) is 4.06. The van der Waals surface area contributed by atoms with E-state index in [1.54, 1.807) is 0 Å². The molecule has 0 N–H and O–H groups in total. The molecule has 1 saturated heterocycles. The van der Waals surface area contributed by atoms with Gasteiger partial charge in [-0.05, 0) is 54.3 Å². The first-order chi connectivity index (χ1) is 7.24. The zero-order chi connectivity index (χ0) is 10.7. The molecule has 0 saturated carbocycles. The number of hydrogen-bond donors (Lipinski definition) is 0. The molecule has 1 atom stereocenters. The predicted molar refractivity (Wildman–Crippen MR) is 65.2 cm³/mol. The number of furan rings is 1. The molecule has 0 spiro atoms. The summed E-state index contributed by atoms with van der Waals surface area (Å²) in [6.07, 6.45) is 5.26. The van der Waals surface area contributed by atoms with E-state index in [-0.39, 0.29) is 0 Å². The average Bonchev–Trinajstić information content (AvgIpc) is 2.48. The van der Waals surface area contributed by atoms with Crippen LogP contribution in [0.5, 0.6) is 0 Å². The molecule has 0 aliphatic carbocycles. The fourth-order valence-corrected chi connectivity index (χ4v) is 2.60. The van der Waals surface area contributed by atoms with Crippen LogP contribution in [0.3, 0.4) is 0 Å². The van der Waals surface area contributed by atoms with Crippen LogP contribution in [-0.2, 0) is 6.54 Å². The lowest BCUT2D eigenvalue weighted by Gasteiger charge is -2.18. The van der Waals surface area contributed by atoms with Crippen LogP contribution >= 0.6 is 27.5 Å². The lowest BCUT2D eigenvalue weighted by atomic mass is 10.2. The Labute approximate surface area is 104 Å². The maximum atomic E-state index is 6.14. The molecule has 1 aliphatic heterocycles. The van der Waals surface area contributed by atoms with Gasteiger partial charge in [-0.1, -0.05) is 0 Å². The topological polar surface area (TPSA) is 16.4 Å². The van der Waals surface area contributed by atoms with Crippen LogP contribution in [0.15, 0.2) is 21.4 Å². The van der Waals surface area contributed by atoms with Crippen LogP contribution in [-0.4, -0.2) is 23.4 Å². The van der Waals surface area contributed by atoms with Crippen molar-refractivity contribution in [2.45, 2.75) is 31.2 Å². The Morgan fingerprint density at radius 3 is 3.07 bits per heavy atom. The molecule has 1 aromatic rings. The third-order valence-corrected chi connectivity index (χ3v) is 3.63. The molecule has 84 valence electrons. The number of likely N-dealkylation sites (tertiary alicyclic amines) is 1. The van der Waals surface area contributed by atoms with E-state index >= 15 is 0 Å². The normalized spacial score (nSPS) is 24.0. The zero-order valence-electron chi connectivity index (χ0n) is 8.59. The summed E-state index contributed by atoms with van der Waals surface area (Å²) in [4.78, 5) is 2.44. The molecule has 2 nitrogen and oxygen atoms in total. The van der Waals surface area contributed by atoms with Gasteiger partial charge in [0.2, 0.25) is 0 Å². The minimum Gasteiger partial charge on any atom is -0.457 e. The molecule has 1 unspecified atom stereocenters. The van der Waals surface area contributed by atoms with Crippen molar-refractivity contribution in [2.24, 2.45) is 0 Å². The molecular weight excluding hydrogens is 277 g/mol. The maximum Gasteiger partial charge on any atom is 0.169 e. The lowest BCUT2D eigenvalue weighted by molar-refractivity contribution is 0.276. The summed E-state index contributed by atoms with van der Waals surface area (Å²) in [5, 5.41) is 0.367. The van der Waals surface area contributed by atoms with Crippen LogP contribution in [0, 0.1) is 0 Å². The summed E-state index contributed by atoms with van der Waals surface area (Å²) in [5.41, 5.74) is 1.23. The average molecular weight is 293 g/mol. The number of alkyl halides is 1. The SMILES string of the molecule is ClC1CCCN(Cc2coc(Br)c2)CC1. The standard InChI is InChI=1S/C11H15BrClNO/c12-11-6-9(8-15-11)7-14-4-1-2-10(13)3-5-14/h6,8,10H,1-5,7H2. The van der Waals surface area contributed by atoms with Gasteiger partial charge in [0, 0.05) is 17.5 Å². The van der Waals surface area contributed by atoms with E-state index in [1.165, 1.54) is 12.0 Å². The molecule has 1 fully saturated rings. The van der Waals surface area contributed by atoms with Crippen LogP contribution < -0.4 is 0 Å². The highest BCUT2D eigenvalue weighted by atomic mass is 79.9. The van der Waals surface area contributed by atoms with Crippen molar-refractivity contribution >= 4 is 27.5 Å². The van der Waals surface area contributed by atoms with E-state index in [0.29, 0.717) is 5.38 Å². The van der Waals surface area contributed by atoms with Crippen molar-refractivity contribution in [1.29, 1.82) is 0 Å². The quantitative estimate of drug-likeness (QED) is 0.774. The molecule has 2 heterocycles. The Balaban J connectivity index is 1.88. The molecule has 2 rings (SSSR count). The van der Waals surface area contributed by atoms with Crippen LogP contribution in [0.2, 0.25) is 0 Å². The van der Waals surface area contributed by atoms with Crippen LogP contribution in [0.4, 0.5) is 0 Å². The number of halogens is 2. The van der Waals surface area contributed by atoms with E-state index in [1.807, 2.05) is 12.3 Å². The lowest BCUT2D eigenvalue weighted by Crippen LogP contribution is -2.24. The molecular formula is C11H15BrClNO. The minimum absolute atomic E-state index is 0.367. The van der Waals surface area contributed by atoms with Gasteiger partial charge in [0.1, 0.15) is 0 Å². The summed E-state index contributed by atoms with van der Waals surface area (Å²) in [7, 11) is 0. The molecule has 0 amide bonds. The smallest absolute Gasteiger partial charge is 0.169 e. The van der Waals surface area contributed by atoms with Gasteiger partial charge < -0.3 is 4.42 Å². The zero-order valence-corrected chi connectivity index (χ0v) is 10.9. The van der Waals surface area contributed by atoms with Crippen molar-refractivity contribution in [2.75, 3.05) is 13.1 Å². The van der Waals surface area contributed by atoms with Gasteiger partial charge >= 0.3 is 0 Å². The first-order valence-corrected chi connectivity index (χ1v) is 6.56. The van der Waals surface area contributed by atoms with Gasteiger partial charge in [-0.25, -0.2) is 0 Å². The van der Waals surface area contributed by atoms with Gasteiger partial charge in [-0.15, -0.1) is 11.6 Å². The van der Waals surface area contributed by atoms with Gasteiger partial charge in [-0.2, -0.15) is 0 Å². The Hall–Kier alpha value is 0.01000. The van der Waals surface area contributed by atoms with Crippen LogP contribution in [0.25, 0.3) is 0 Å². The summed E-state index contributed by atoms with van der Waals surface area (Å²) in [6.45, 7) is 3.21. The summed E-state index contributed by atoms with van der Waals surface area (Å²) in [6, 6.07) is 2.03.